The van der Waals surface area contributed by atoms with Crippen LogP contribution in [0.25, 0.3) is 0 Å². The molecule has 1 aliphatic rings. The van der Waals surface area contributed by atoms with Crippen LogP contribution in [-0.2, 0) is 12.6 Å². The molecule has 84 valence electrons. The first-order valence-electron chi connectivity index (χ1n) is 4.83. The molecule has 1 saturated carbocycles. The third kappa shape index (κ3) is 2.53. The minimum atomic E-state index is -4.39. The second-order valence-electron chi connectivity index (χ2n) is 4.18. The van der Waals surface area contributed by atoms with E-state index in [2.05, 4.69) is 4.42 Å². The maximum absolute atomic E-state index is 12.2. The van der Waals surface area contributed by atoms with Crippen molar-refractivity contribution in [2.24, 2.45) is 5.73 Å². The Morgan fingerprint density at radius 2 is 2.07 bits per heavy atom. The molecule has 0 aliphatic heterocycles. The summed E-state index contributed by atoms with van der Waals surface area (Å²) in [6, 6.07) is 1.05. The van der Waals surface area contributed by atoms with Crippen molar-refractivity contribution in [3.05, 3.63) is 23.7 Å². The number of alkyl halides is 3. The fourth-order valence-electron chi connectivity index (χ4n) is 1.46. The fourth-order valence-corrected chi connectivity index (χ4v) is 1.46. The van der Waals surface area contributed by atoms with E-state index in [1.165, 1.54) is 0 Å². The molecule has 1 fully saturated rings. The Hall–Kier alpha value is -0.970. The van der Waals surface area contributed by atoms with Crippen molar-refractivity contribution in [2.45, 2.75) is 37.4 Å². The van der Waals surface area contributed by atoms with Crippen LogP contribution in [-0.4, -0.2) is 5.54 Å². The van der Waals surface area contributed by atoms with Crippen molar-refractivity contribution < 1.29 is 17.6 Å². The monoisotopic (exact) mass is 219 g/mol. The highest BCUT2D eigenvalue weighted by Crippen LogP contribution is 2.37. The Bertz CT molecular complexity index is 352. The highest BCUT2D eigenvalue weighted by Gasteiger charge is 2.38. The lowest BCUT2D eigenvalue weighted by molar-refractivity contribution is -0.153. The number of hydrogen-bond donors (Lipinski definition) is 1. The zero-order valence-electron chi connectivity index (χ0n) is 8.10. The summed E-state index contributed by atoms with van der Waals surface area (Å²) >= 11 is 0. The van der Waals surface area contributed by atoms with Crippen molar-refractivity contribution in [3.63, 3.8) is 0 Å². The van der Waals surface area contributed by atoms with Crippen LogP contribution in [0.5, 0.6) is 0 Å². The van der Waals surface area contributed by atoms with E-state index in [1.54, 1.807) is 0 Å². The number of aryl methyl sites for hydroxylation is 1. The van der Waals surface area contributed by atoms with Gasteiger partial charge in [-0.2, -0.15) is 13.2 Å². The van der Waals surface area contributed by atoms with Gasteiger partial charge in [-0.3, -0.25) is 0 Å². The zero-order chi connectivity index (χ0) is 11.1. The largest absolute Gasteiger partial charge is 0.459 e. The fraction of sp³-hybridized carbons (Fsp3) is 0.600. The molecular formula is C10H12F3NO. The smallest absolute Gasteiger partial charge is 0.449 e. The number of hydrogen-bond acceptors (Lipinski definition) is 2. The molecule has 2 nitrogen and oxygen atoms in total. The van der Waals surface area contributed by atoms with E-state index in [0.717, 1.165) is 31.6 Å². The van der Waals surface area contributed by atoms with Crippen LogP contribution in [0.15, 0.2) is 16.7 Å². The second-order valence-corrected chi connectivity index (χ2v) is 4.18. The SMILES string of the molecule is NC1(CCc2coc(C(F)(F)F)c2)CC1. The Balaban J connectivity index is 1.95. The molecule has 1 aromatic rings. The van der Waals surface area contributed by atoms with Crippen LogP contribution in [0.2, 0.25) is 0 Å². The minimum absolute atomic E-state index is 0.129. The molecule has 0 spiro atoms. The second kappa shape index (κ2) is 3.27. The van der Waals surface area contributed by atoms with Gasteiger partial charge in [0.25, 0.3) is 0 Å². The Labute approximate surface area is 85.2 Å². The molecule has 1 aliphatic carbocycles. The average molecular weight is 219 g/mol. The first-order valence-corrected chi connectivity index (χ1v) is 4.83. The molecule has 2 rings (SSSR count). The molecule has 0 saturated heterocycles. The number of furan rings is 1. The highest BCUT2D eigenvalue weighted by atomic mass is 19.4. The van der Waals surface area contributed by atoms with E-state index >= 15 is 0 Å². The van der Waals surface area contributed by atoms with Gasteiger partial charge in [0.15, 0.2) is 0 Å². The van der Waals surface area contributed by atoms with Crippen molar-refractivity contribution in [2.75, 3.05) is 0 Å². The minimum Gasteiger partial charge on any atom is -0.459 e. The molecule has 15 heavy (non-hydrogen) atoms. The van der Waals surface area contributed by atoms with Gasteiger partial charge in [-0.25, -0.2) is 0 Å². The van der Waals surface area contributed by atoms with Crippen molar-refractivity contribution >= 4 is 0 Å². The van der Waals surface area contributed by atoms with Crippen LogP contribution in [0.1, 0.15) is 30.6 Å². The Kier molecular flexibility index (Phi) is 2.30. The Morgan fingerprint density at radius 1 is 1.40 bits per heavy atom. The quantitative estimate of drug-likeness (QED) is 0.848. The molecule has 5 heteroatoms. The van der Waals surface area contributed by atoms with Gasteiger partial charge in [-0.15, -0.1) is 0 Å². The number of nitrogens with two attached hydrogens (primary N) is 1. The topological polar surface area (TPSA) is 39.2 Å². The van der Waals surface area contributed by atoms with Gasteiger partial charge in [-0.1, -0.05) is 0 Å². The normalized spacial score (nSPS) is 19.2. The maximum Gasteiger partial charge on any atom is 0.449 e. The molecular weight excluding hydrogens is 207 g/mol. The van der Waals surface area contributed by atoms with Crippen LogP contribution in [0, 0.1) is 0 Å². The molecule has 0 amide bonds. The molecule has 1 aromatic heterocycles. The summed E-state index contributed by atoms with van der Waals surface area (Å²) in [4.78, 5) is 0. The predicted octanol–water partition coefficient (Wildman–Crippen LogP) is 2.72. The summed E-state index contributed by atoms with van der Waals surface area (Å²) in [5.41, 5.74) is 6.27. The van der Waals surface area contributed by atoms with Crippen molar-refractivity contribution in [3.8, 4) is 0 Å². The van der Waals surface area contributed by atoms with E-state index in [9.17, 15) is 13.2 Å². The van der Waals surface area contributed by atoms with Gasteiger partial charge in [0, 0.05) is 5.54 Å². The summed E-state index contributed by atoms with van der Waals surface area (Å²) < 4.78 is 41.0. The van der Waals surface area contributed by atoms with E-state index in [4.69, 9.17) is 5.73 Å². The van der Waals surface area contributed by atoms with Crippen LogP contribution >= 0.6 is 0 Å². The van der Waals surface area contributed by atoms with E-state index in [1.807, 2.05) is 0 Å². The molecule has 0 aromatic carbocycles. The Morgan fingerprint density at radius 3 is 2.53 bits per heavy atom. The highest BCUT2D eigenvalue weighted by molar-refractivity contribution is 5.16. The lowest BCUT2D eigenvalue weighted by Gasteiger charge is -2.05. The molecule has 0 unspecified atom stereocenters. The summed E-state index contributed by atoms with van der Waals surface area (Å²) in [7, 11) is 0. The van der Waals surface area contributed by atoms with E-state index < -0.39 is 11.9 Å². The standard InChI is InChI=1S/C10H12F3NO/c11-10(12,13)8-5-7(6-15-8)1-2-9(14)3-4-9/h5-6H,1-4,14H2. The predicted molar refractivity (Wildman–Crippen MR) is 48.2 cm³/mol. The van der Waals surface area contributed by atoms with Gasteiger partial charge >= 0.3 is 6.18 Å². The first kappa shape index (κ1) is 10.5. The summed E-state index contributed by atoms with van der Waals surface area (Å²) in [5, 5.41) is 0. The van der Waals surface area contributed by atoms with Gasteiger partial charge < -0.3 is 10.2 Å². The molecule has 2 N–H and O–H groups in total. The third-order valence-electron chi connectivity index (χ3n) is 2.74. The lowest BCUT2D eigenvalue weighted by Crippen LogP contribution is -2.21. The van der Waals surface area contributed by atoms with Crippen molar-refractivity contribution in [1.29, 1.82) is 0 Å². The summed E-state index contributed by atoms with van der Waals surface area (Å²) in [6.45, 7) is 0. The van der Waals surface area contributed by atoms with Crippen LogP contribution < -0.4 is 5.73 Å². The van der Waals surface area contributed by atoms with Crippen LogP contribution in [0.4, 0.5) is 13.2 Å². The molecule has 0 radical (unpaired) electrons. The molecule has 1 heterocycles. The lowest BCUT2D eigenvalue weighted by atomic mass is 10.1. The van der Waals surface area contributed by atoms with Gasteiger partial charge in [0.05, 0.1) is 6.26 Å². The van der Waals surface area contributed by atoms with E-state index in [0.29, 0.717) is 12.0 Å². The van der Waals surface area contributed by atoms with E-state index in [-0.39, 0.29) is 5.54 Å². The third-order valence-corrected chi connectivity index (χ3v) is 2.74. The number of halogens is 3. The maximum atomic E-state index is 12.2. The van der Waals surface area contributed by atoms with Gasteiger partial charge in [0.2, 0.25) is 5.76 Å². The first-order chi connectivity index (χ1) is 6.89. The zero-order valence-corrected chi connectivity index (χ0v) is 8.10. The molecule has 0 bridgehead atoms. The molecule has 0 atom stereocenters. The average Bonchev–Trinajstić information content (AvgIpc) is 2.66. The van der Waals surface area contributed by atoms with Gasteiger partial charge in [0.1, 0.15) is 0 Å². The van der Waals surface area contributed by atoms with Crippen molar-refractivity contribution in [1.82, 2.24) is 0 Å². The van der Waals surface area contributed by atoms with Crippen LogP contribution in [0.3, 0.4) is 0 Å². The van der Waals surface area contributed by atoms with Gasteiger partial charge in [-0.05, 0) is 37.3 Å². The number of rotatable bonds is 3. The summed E-state index contributed by atoms with van der Waals surface area (Å²) in [6.07, 6.45) is -0.0132. The summed E-state index contributed by atoms with van der Waals surface area (Å²) in [5.74, 6) is -0.931.